The van der Waals surface area contributed by atoms with Crippen molar-refractivity contribution in [3.8, 4) is 5.75 Å². The zero-order valence-corrected chi connectivity index (χ0v) is 16.9. The van der Waals surface area contributed by atoms with E-state index in [0.29, 0.717) is 6.54 Å². The van der Waals surface area contributed by atoms with E-state index in [-0.39, 0.29) is 11.9 Å². The highest BCUT2D eigenvalue weighted by Gasteiger charge is 2.24. The normalized spacial score (nSPS) is 15.5. The number of methoxy groups -OCH3 is 1. The first-order valence-electron chi connectivity index (χ1n) is 9.45. The van der Waals surface area contributed by atoms with Gasteiger partial charge >= 0.3 is 0 Å². The third kappa shape index (κ3) is 5.27. The largest absolute Gasteiger partial charge is 0.497 e. The van der Waals surface area contributed by atoms with Crippen molar-refractivity contribution in [1.29, 1.82) is 0 Å². The summed E-state index contributed by atoms with van der Waals surface area (Å²) in [4.78, 5) is 15.2. The molecule has 1 N–H and O–H groups in total. The summed E-state index contributed by atoms with van der Waals surface area (Å²) < 4.78 is 5.39. The van der Waals surface area contributed by atoms with Crippen molar-refractivity contribution in [1.82, 2.24) is 10.2 Å². The predicted octanol–water partition coefficient (Wildman–Crippen LogP) is 4.13. The van der Waals surface area contributed by atoms with Gasteiger partial charge in [-0.2, -0.15) is 11.8 Å². The smallest absolute Gasteiger partial charge is 0.251 e. The Morgan fingerprint density at radius 2 is 1.96 bits per heavy atom. The van der Waals surface area contributed by atoms with Crippen LogP contribution in [0.4, 0.5) is 0 Å². The fourth-order valence-corrected chi connectivity index (χ4v) is 4.13. The van der Waals surface area contributed by atoms with E-state index in [1.54, 1.807) is 18.9 Å². The lowest BCUT2D eigenvalue weighted by molar-refractivity contribution is 0.0938. The first-order chi connectivity index (χ1) is 13.2. The zero-order valence-electron chi connectivity index (χ0n) is 16.1. The molecule has 2 aromatic rings. The van der Waals surface area contributed by atoms with Gasteiger partial charge in [0.1, 0.15) is 5.75 Å². The number of hydrogen-bond donors (Lipinski definition) is 1. The molecule has 0 saturated carbocycles. The molecule has 0 bridgehead atoms. The summed E-state index contributed by atoms with van der Waals surface area (Å²) in [6, 6.07) is 16.2. The van der Waals surface area contributed by atoms with Crippen molar-refractivity contribution < 1.29 is 9.53 Å². The highest BCUT2D eigenvalue weighted by Crippen LogP contribution is 2.27. The molecule has 2 aromatic carbocycles. The number of nitrogens with zero attached hydrogens (tertiary/aromatic N) is 1. The van der Waals surface area contributed by atoms with Gasteiger partial charge in [-0.15, -0.1) is 0 Å². The monoisotopic (exact) mass is 384 g/mol. The molecule has 1 aliphatic rings. The number of rotatable bonds is 8. The van der Waals surface area contributed by atoms with Crippen LogP contribution in [0.2, 0.25) is 0 Å². The van der Waals surface area contributed by atoms with Crippen LogP contribution in [0, 0.1) is 0 Å². The van der Waals surface area contributed by atoms with E-state index in [9.17, 15) is 4.79 Å². The van der Waals surface area contributed by atoms with Gasteiger partial charge in [-0.3, -0.25) is 9.69 Å². The molecule has 0 aliphatic carbocycles. The van der Waals surface area contributed by atoms with E-state index in [4.69, 9.17) is 4.74 Å². The molecule has 5 heteroatoms. The number of nitrogens with one attached hydrogen (secondary N) is 1. The highest BCUT2D eigenvalue weighted by molar-refractivity contribution is 7.97. The van der Waals surface area contributed by atoms with Gasteiger partial charge in [-0.05, 0) is 67.6 Å². The lowest BCUT2D eigenvalue weighted by Gasteiger charge is -2.28. The molecule has 144 valence electrons. The van der Waals surface area contributed by atoms with Gasteiger partial charge in [0.05, 0.1) is 13.2 Å². The number of hydrogen-bond acceptors (Lipinski definition) is 4. The molecule has 1 aliphatic heterocycles. The average Bonchev–Trinajstić information content (AvgIpc) is 3.23. The number of thioether (sulfide) groups is 1. The van der Waals surface area contributed by atoms with Crippen molar-refractivity contribution in [2.45, 2.75) is 24.6 Å². The maximum atomic E-state index is 12.7. The summed E-state index contributed by atoms with van der Waals surface area (Å²) in [6.45, 7) is 2.74. The Morgan fingerprint density at radius 1 is 1.19 bits per heavy atom. The lowest BCUT2D eigenvalue weighted by atomic mass is 10.0. The Kier molecular flexibility index (Phi) is 7.18. The van der Waals surface area contributed by atoms with Crippen molar-refractivity contribution in [2.75, 3.05) is 33.0 Å². The standard InChI is InChI=1S/C22H28N2O2S/c1-26-20-10-6-8-18(14-20)21(24-11-3-4-12-24)15-23-22(25)19-9-5-7-17(13-19)16-27-2/h5-10,13-14,21H,3-4,11-12,15-16H2,1-2H3,(H,23,25). The van der Waals surface area contributed by atoms with Gasteiger partial charge in [0.25, 0.3) is 5.91 Å². The molecule has 27 heavy (non-hydrogen) atoms. The predicted molar refractivity (Wildman–Crippen MR) is 113 cm³/mol. The van der Waals surface area contributed by atoms with Crippen LogP contribution >= 0.6 is 11.8 Å². The van der Waals surface area contributed by atoms with E-state index >= 15 is 0 Å². The maximum Gasteiger partial charge on any atom is 0.251 e. The molecule has 1 heterocycles. The molecule has 1 amide bonds. The van der Waals surface area contributed by atoms with E-state index in [1.807, 2.05) is 30.3 Å². The highest BCUT2D eigenvalue weighted by atomic mass is 32.2. The lowest BCUT2D eigenvalue weighted by Crippen LogP contribution is -2.36. The average molecular weight is 385 g/mol. The Labute approximate surface area is 166 Å². The number of amides is 1. The third-order valence-electron chi connectivity index (χ3n) is 5.02. The van der Waals surface area contributed by atoms with Crippen LogP contribution in [0.15, 0.2) is 48.5 Å². The molecule has 4 nitrogen and oxygen atoms in total. The minimum atomic E-state index is -0.00922. The van der Waals surface area contributed by atoms with E-state index < -0.39 is 0 Å². The molecule has 1 unspecified atom stereocenters. The SMILES string of the molecule is COc1cccc(C(CNC(=O)c2cccc(CSC)c2)N2CCCC2)c1. The topological polar surface area (TPSA) is 41.6 Å². The second-order valence-electron chi connectivity index (χ2n) is 6.88. The minimum absolute atomic E-state index is 0.00922. The number of benzene rings is 2. The van der Waals surface area contributed by atoms with E-state index in [2.05, 4.69) is 34.7 Å². The van der Waals surface area contributed by atoms with Gasteiger partial charge in [0, 0.05) is 17.9 Å². The van der Waals surface area contributed by atoms with Crippen LogP contribution in [0.5, 0.6) is 5.75 Å². The fraction of sp³-hybridized carbons (Fsp3) is 0.409. The Hall–Kier alpha value is -1.98. The van der Waals surface area contributed by atoms with Gasteiger partial charge in [-0.25, -0.2) is 0 Å². The van der Waals surface area contributed by atoms with Crippen LogP contribution < -0.4 is 10.1 Å². The molecular formula is C22H28N2O2S. The summed E-state index contributed by atoms with van der Waals surface area (Å²) in [5, 5.41) is 3.15. The Bertz CT molecular complexity index is 759. The number of carbonyl (C=O) groups excluding carboxylic acids is 1. The van der Waals surface area contributed by atoms with Crippen LogP contribution in [0.3, 0.4) is 0 Å². The summed E-state index contributed by atoms with van der Waals surface area (Å²) in [7, 11) is 1.69. The molecule has 1 saturated heterocycles. The van der Waals surface area contributed by atoms with Crippen LogP contribution in [0.25, 0.3) is 0 Å². The minimum Gasteiger partial charge on any atom is -0.497 e. The summed E-state index contributed by atoms with van der Waals surface area (Å²) >= 11 is 1.76. The van der Waals surface area contributed by atoms with Gasteiger partial charge in [0.2, 0.25) is 0 Å². The van der Waals surface area contributed by atoms with Gasteiger partial charge in [0.15, 0.2) is 0 Å². The molecule has 0 spiro atoms. The zero-order chi connectivity index (χ0) is 19.1. The third-order valence-corrected chi connectivity index (χ3v) is 5.64. The second-order valence-corrected chi connectivity index (χ2v) is 7.74. The number of carbonyl (C=O) groups is 1. The molecule has 3 rings (SSSR count). The van der Waals surface area contributed by atoms with Crippen molar-refractivity contribution >= 4 is 17.7 Å². The summed E-state index contributed by atoms with van der Waals surface area (Å²) in [6.07, 6.45) is 4.50. The van der Waals surface area contributed by atoms with Gasteiger partial charge < -0.3 is 10.1 Å². The number of ether oxygens (including phenoxy) is 1. The molecule has 0 radical (unpaired) electrons. The van der Waals surface area contributed by atoms with Crippen molar-refractivity contribution in [2.24, 2.45) is 0 Å². The van der Waals surface area contributed by atoms with Gasteiger partial charge in [-0.1, -0.05) is 24.3 Å². The summed E-state index contributed by atoms with van der Waals surface area (Å²) in [5.74, 6) is 1.76. The maximum absolute atomic E-state index is 12.7. The Morgan fingerprint density at radius 3 is 2.70 bits per heavy atom. The first-order valence-corrected chi connectivity index (χ1v) is 10.8. The van der Waals surface area contributed by atoms with E-state index in [0.717, 1.165) is 30.2 Å². The fourth-order valence-electron chi connectivity index (χ4n) is 3.62. The quantitative estimate of drug-likeness (QED) is 0.743. The summed E-state index contributed by atoms with van der Waals surface area (Å²) in [5.41, 5.74) is 3.10. The van der Waals surface area contributed by atoms with Crippen LogP contribution in [-0.4, -0.2) is 43.8 Å². The molecule has 1 atom stereocenters. The second kappa shape index (κ2) is 9.81. The van der Waals surface area contributed by atoms with E-state index in [1.165, 1.54) is 24.0 Å². The molecular weight excluding hydrogens is 356 g/mol. The molecule has 1 fully saturated rings. The molecule has 0 aromatic heterocycles. The van der Waals surface area contributed by atoms with Crippen molar-refractivity contribution in [3.05, 3.63) is 65.2 Å². The van der Waals surface area contributed by atoms with Crippen LogP contribution in [-0.2, 0) is 5.75 Å². The van der Waals surface area contributed by atoms with Crippen LogP contribution in [0.1, 0.15) is 40.4 Å². The number of likely N-dealkylation sites (tertiary alicyclic amines) is 1. The van der Waals surface area contributed by atoms with Crippen molar-refractivity contribution in [3.63, 3.8) is 0 Å². The first kappa shape index (κ1) is 19.8. The Balaban J connectivity index is 1.72.